The molecule has 3 atom stereocenters. The molecule has 8 heteroatoms. The topological polar surface area (TPSA) is 112 Å². The first-order valence-corrected chi connectivity index (χ1v) is 9.91. The number of hydrogen-bond acceptors (Lipinski definition) is 5. The molecule has 0 spiro atoms. The number of anilines is 2. The van der Waals surface area contributed by atoms with Crippen LogP contribution >= 0.6 is 0 Å². The molecule has 28 heavy (non-hydrogen) atoms. The van der Waals surface area contributed by atoms with Gasteiger partial charge < -0.3 is 20.5 Å². The molecular formula is C20H29N5O3. The molecule has 1 fully saturated rings. The molecule has 2 aromatic heterocycles. The van der Waals surface area contributed by atoms with Crippen LogP contribution in [0, 0.1) is 5.92 Å². The molecule has 0 aliphatic heterocycles. The summed E-state index contributed by atoms with van der Waals surface area (Å²) in [6, 6.07) is 5.81. The van der Waals surface area contributed by atoms with Crippen molar-refractivity contribution in [2.45, 2.75) is 58.0 Å². The number of nitrogens with zero attached hydrogens (tertiary/aromatic N) is 2. The summed E-state index contributed by atoms with van der Waals surface area (Å²) in [5.41, 5.74) is 2.06. The van der Waals surface area contributed by atoms with Gasteiger partial charge in [0, 0.05) is 42.2 Å². The van der Waals surface area contributed by atoms with Crippen LogP contribution in [-0.4, -0.2) is 39.0 Å². The first kappa shape index (κ1) is 20.0. The number of carbonyl (C=O) groups is 1. The van der Waals surface area contributed by atoms with E-state index in [-0.39, 0.29) is 6.10 Å². The molecule has 8 nitrogen and oxygen atoms in total. The Balaban J connectivity index is 1.50. The summed E-state index contributed by atoms with van der Waals surface area (Å²) in [6.45, 7) is 4.67. The van der Waals surface area contributed by atoms with Crippen molar-refractivity contribution >= 4 is 17.6 Å². The largest absolute Gasteiger partial charge is 0.475 e. The predicted octanol–water partition coefficient (Wildman–Crippen LogP) is 4.27. The summed E-state index contributed by atoms with van der Waals surface area (Å²) >= 11 is 0. The van der Waals surface area contributed by atoms with Crippen LogP contribution in [0.2, 0.25) is 0 Å². The van der Waals surface area contributed by atoms with Gasteiger partial charge in [-0.05, 0) is 44.6 Å². The summed E-state index contributed by atoms with van der Waals surface area (Å²) < 4.78 is 5.84. The van der Waals surface area contributed by atoms with Gasteiger partial charge in [0.2, 0.25) is 5.88 Å². The molecular weight excluding hydrogens is 358 g/mol. The lowest BCUT2D eigenvalue weighted by molar-refractivity contribution is 0.187. The van der Waals surface area contributed by atoms with Crippen LogP contribution in [-0.2, 0) is 0 Å². The first-order valence-electron chi connectivity index (χ1n) is 9.91. The minimum Gasteiger partial charge on any atom is -0.475 e. The zero-order valence-electron chi connectivity index (χ0n) is 16.4. The Hall–Kier alpha value is -2.77. The fourth-order valence-electron chi connectivity index (χ4n) is 3.65. The fourth-order valence-corrected chi connectivity index (χ4v) is 3.65. The van der Waals surface area contributed by atoms with E-state index in [2.05, 4.69) is 38.8 Å². The highest BCUT2D eigenvalue weighted by molar-refractivity contribution is 5.64. The van der Waals surface area contributed by atoms with Crippen molar-refractivity contribution < 1.29 is 14.6 Å². The van der Waals surface area contributed by atoms with Gasteiger partial charge in [-0.3, -0.25) is 5.10 Å². The van der Waals surface area contributed by atoms with Gasteiger partial charge >= 0.3 is 6.09 Å². The smallest absolute Gasteiger partial charge is 0.404 e. The molecule has 2 heterocycles. The molecule has 4 N–H and O–H groups in total. The van der Waals surface area contributed by atoms with Gasteiger partial charge in [-0.2, -0.15) is 5.10 Å². The number of hydrogen-bond donors (Lipinski definition) is 4. The number of ether oxygens (including phenoxy) is 1. The van der Waals surface area contributed by atoms with Crippen molar-refractivity contribution in [3.8, 4) is 5.88 Å². The van der Waals surface area contributed by atoms with E-state index in [0.29, 0.717) is 24.8 Å². The molecule has 0 aromatic carbocycles. The number of pyridine rings is 1. The van der Waals surface area contributed by atoms with Crippen LogP contribution in [0.3, 0.4) is 0 Å². The van der Waals surface area contributed by atoms with E-state index in [1.54, 1.807) is 6.20 Å². The van der Waals surface area contributed by atoms with E-state index in [1.807, 2.05) is 19.1 Å². The molecule has 1 amide bonds. The molecule has 2 aromatic rings. The zero-order chi connectivity index (χ0) is 19.9. The molecule has 3 rings (SSSR count). The third-order valence-electron chi connectivity index (χ3n) is 5.13. The second-order valence-electron chi connectivity index (χ2n) is 7.63. The van der Waals surface area contributed by atoms with E-state index in [1.165, 1.54) is 25.0 Å². The van der Waals surface area contributed by atoms with Gasteiger partial charge in [-0.25, -0.2) is 9.78 Å². The van der Waals surface area contributed by atoms with Crippen LogP contribution in [0.5, 0.6) is 5.88 Å². The van der Waals surface area contributed by atoms with Gasteiger partial charge in [0.25, 0.3) is 0 Å². The minimum atomic E-state index is -1.00. The monoisotopic (exact) mass is 387 g/mol. The predicted molar refractivity (Wildman–Crippen MR) is 107 cm³/mol. The van der Waals surface area contributed by atoms with Crippen LogP contribution in [0.25, 0.3) is 0 Å². The van der Waals surface area contributed by atoms with Gasteiger partial charge in [0.1, 0.15) is 0 Å². The highest BCUT2D eigenvalue weighted by atomic mass is 16.5. The zero-order valence-corrected chi connectivity index (χ0v) is 16.4. The second kappa shape index (κ2) is 9.43. The number of aromatic nitrogens is 3. The Kier molecular flexibility index (Phi) is 6.73. The van der Waals surface area contributed by atoms with Gasteiger partial charge in [-0.15, -0.1) is 0 Å². The lowest BCUT2D eigenvalue weighted by atomic mass is 10.0. The molecule has 1 aliphatic rings. The van der Waals surface area contributed by atoms with E-state index >= 15 is 0 Å². The van der Waals surface area contributed by atoms with Crippen molar-refractivity contribution in [1.82, 2.24) is 20.5 Å². The van der Waals surface area contributed by atoms with Crippen molar-refractivity contribution in [2.75, 3.05) is 11.9 Å². The summed E-state index contributed by atoms with van der Waals surface area (Å²) in [4.78, 5) is 14.7. The fraction of sp³-hybridized carbons (Fsp3) is 0.550. The third-order valence-corrected chi connectivity index (χ3v) is 5.13. The molecule has 152 valence electrons. The van der Waals surface area contributed by atoms with Crippen molar-refractivity contribution in [1.29, 1.82) is 0 Å². The van der Waals surface area contributed by atoms with Gasteiger partial charge in [0.15, 0.2) is 5.82 Å². The number of rotatable bonds is 9. The average Bonchev–Trinajstić information content (AvgIpc) is 3.28. The summed E-state index contributed by atoms with van der Waals surface area (Å²) in [5, 5.41) is 21.8. The second-order valence-corrected chi connectivity index (χ2v) is 7.63. The SMILES string of the molecule is CC1CC[C@H](c2cc(Nc3ccnc(O[C@@H](C)CCCNC(=O)O)c3)n[nH]2)C1. The van der Waals surface area contributed by atoms with Crippen LogP contribution in [0.1, 0.15) is 57.6 Å². The van der Waals surface area contributed by atoms with E-state index < -0.39 is 6.09 Å². The number of amides is 1. The van der Waals surface area contributed by atoms with E-state index in [4.69, 9.17) is 9.84 Å². The summed E-state index contributed by atoms with van der Waals surface area (Å²) in [6.07, 6.45) is 5.80. The molecule has 0 bridgehead atoms. The van der Waals surface area contributed by atoms with Gasteiger partial charge in [0.05, 0.1) is 6.10 Å². The first-order chi connectivity index (χ1) is 13.5. The summed E-state index contributed by atoms with van der Waals surface area (Å²) in [5.74, 6) is 2.68. The normalized spacial score (nSPS) is 19.9. The highest BCUT2D eigenvalue weighted by Crippen LogP contribution is 2.37. The van der Waals surface area contributed by atoms with Crippen LogP contribution < -0.4 is 15.4 Å². The number of carboxylic acid groups (broad SMARTS) is 1. The van der Waals surface area contributed by atoms with Crippen molar-refractivity contribution in [2.24, 2.45) is 5.92 Å². The standard InChI is InChI=1S/C20H29N5O3/c1-13-5-6-15(10-13)17-12-18(25-24-17)23-16-7-9-21-19(11-16)28-14(2)4-3-8-22-20(26)27/h7,9,11-15,22H,3-6,8,10H2,1-2H3,(H,26,27)(H2,21,23,24,25)/t13?,14-,15-/m0/s1. The maximum atomic E-state index is 10.4. The Bertz CT molecular complexity index is 779. The molecule has 1 aliphatic carbocycles. The van der Waals surface area contributed by atoms with Crippen molar-refractivity contribution in [3.63, 3.8) is 0 Å². The number of aromatic amines is 1. The lowest BCUT2D eigenvalue weighted by Crippen LogP contribution is -2.23. The molecule has 1 saturated carbocycles. The molecule has 0 saturated heterocycles. The Morgan fingerprint density at radius 3 is 3.04 bits per heavy atom. The Labute approximate surface area is 165 Å². The van der Waals surface area contributed by atoms with E-state index in [0.717, 1.165) is 23.8 Å². The number of nitrogens with one attached hydrogen (secondary N) is 3. The molecule has 1 unspecified atom stereocenters. The van der Waals surface area contributed by atoms with Gasteiger partial charge in [-0.1, -0.05) is 13.3 Å². The quantitative estimate of drug-likeness (QED) is 0.478. The lowest BCUT2D eigenvalue weighted by Gasteiger charge is -2.14. The maximum absolute atomic E-state index is 10.4. The minimum absolute atomic E-state index is 0.0558. The Morgan fingerprint density at radius 1 is 1.43 bits per heavy atom. The highest BCUT2D eigenvalue weighted by Gasteiger charge is 2.24. The summed E-state index contributed by atoms with van der Waals surface area (Å²) in [7, 11) is 0. The number of H-pyrrole nitrogens is 1. The van der Waals surface area contributed by atoms with E-state index in [9.17, 15) is 4.79 Å². The Morgan fingerprint density at radius 2 is 2.29 bits per heavy atom. The third kappa shape index (κ3) is 5.87. The average molecular weight is 387 g/mol. The molecule has 0 radical (unpaired) electrons. The van der Waals surface area contributed by atoms with Crippen LogP contribution in [0.15, 0.2) is 24.4 Å². The van der Waals surface area contributed by atoms with Crippen LogP contribution in [0.4, 0.5) is 16.3 Å². The maximum Gasteiger partial charge on any atom is 0.404 e. The van der Waals surface area contributed by atoms with Crippen molar-refractivity contribution in [3.05, 3.63) is 30.1 Å².